The van der Waals surface area contributed by atoms with E-state index in [9.17, 15) is 4.79 Å². The molecule has 0 spiro atoms. The van der Waals surface area contributed by atoms with E-state index < -0.39 is 0 Å². The van der Waals surface area contributed by atoms with Crippen molar-refractivity contribution < 1.29 is 9.53 Å². The van der Waals surface area contributed by atoms with Crippen molar-refractivity contribution >= 4 is 29.2 Å². The van der Waals surface area contributed by atoms with Crippen molar-refractivity contribution in [2.75, 3.05) is 36.2 Å². The van der Waals surface area contributed by atoms with Crippen molar-refractivity contribution in [2.45, 2.75) is 31.2 Å². The summed E-state index contributed by atoms with van der Waals surface area (Å²) in [4.78, 5) is 23.3. The van der Waals surface area contributed by atoms with Crippen LogP contribution in [0.2, 0.25) is 0 Å². The molecule has 1 saturated heterocycles. The molecule has 2 aromatic rings. The first-order valence-corrected chi connectivity index (χ1v) is 9.78. The summed E-state index contributed by atoms with van der Waals surface area (Å²) in [5, 5.41) is 3.72. The standard InChI is InChI=1S/C19H24N4O2S/c1-14-6-7-16(25-2)15(10-14)22-18(24)12-26-19-11-17(20-13-21-19)23-8-4-3-5-9-23/h6-7,10-11,13H,3-5,8-9,12H2,1-2H3,(H,22,24). The molecule has 1 aliphatic heterocycles. The molecule has 0 aliphatic carbocycles. The van der Waals surface area contributed by atoms with Crippen molar-refractivity contribution in [1.82, 2.24) is 9.97 Å². The predicted molar refractivity (Wildman–Crippen MR) is 105 cm³/mol. The number of carbonyl (C=O) groups excluding carboxylic acids is 1. The number of nitrogens with zero attached hydrogens (tertiary/aromatic N) is 3. The maximum atomic E-state index is 12.3. The van der Waals surface area contributed by atoms with Gasteiger partial charge in [-0.15, -0.1) is 0 Å². The Balaban J connectivity index is 1.58. The van der Waals surface area contributed by atoms with E-state index in [-0.39, 0.29) is 11.7 Å². The summed E-state index contributed by atoms with van der Waals surface area (Å²) in [6, 6.07) is 7.68. The quantitative estimate of drug-likeness (QED) is 0.618. The van der Waals surface area contributed by atoms with Gasteiger partial charge < -0.3 is 15.0 Å². The Kier molecular flexibility index (Phi) is 6.33. The molecule has 6 nitrogen and oxygen atoms in total. The lowest BCUT2D eigenvalue weighted by atomic mass is 10.1. The van der Waals surface area contributed by atoms with Gasteiger partial charge in [0.15, 0.2) is 0 Å². The van der Waals surface area contributed by atoms with Gasteiger partial charge in [-0.2, -0.15) is 0 Å². The van der Waals surface area contributed by atoms with Gasteiger partial charge in [0.25, 0.3) is 0 Å². The lowest BCUT2D eigenvalue weighted by molar-refractivity contribution is -0.113. The van der Waals surface area contributed by atoms with Gasteiger partial charge in [-0.05, 0) is 43.9 Å². The summed E-state index contributed by atoms with van der Waals surface area (Å²) in [5.41, 5.74) is 1.76. The Bertz CT molecular complexity index is 763. The fraction of sp³-hybridized carbons (Fsp3) is 0.421. The van der Waals surface area contributed by atoms with Crippen LogP contribution in [0, 0.1) is 6.92 Å². The predicted octanol–water partition coefficient (Wildman–Crippen LogP) is 3.51. The first kappa shape index (κ1) is 18.5. The minimum absolute atomic E-state index is 0.0861. The highest BCUT2D eigenvalue weighted by Gasteiger charge is 2.14. The number of aryl methyl sites for hydroxylation is 1. The van der Waals surface area contributed by atoms with E-state index in [2.05, 4.69) is 20.2 Å². The first-order chi connectivity index (χ1) is 12.7. The number of methoxy groups -OCH3 is 1. The number of aromatic nitrogens is 2. The van der Waals surface area contributed by atoms with Crippen LogP contribution in [0.15, 0.2) is 35.6 Å². The number of hydrogen-bond acceptors (Lipinski definition) is 6. The second kappa shape index (κ2) is 8.89. The maximum absolute atomic E-state index is 12.3. The fourth-order valence-corrected chi connectivity index (χ4v) is 3.61. The highest BCUT2D eigenvalue weighted by atomic mass is 32.2. The molecule has 0 atom stereocenters. The second-order valence-electron chi connectivity index (χ2n) is 6.30. The Morgan fingerprint density at radius 2 is 2.04 bits per heavy atom. The number of thioether (sulfide) groups is 1. The number of anilines is 2. The second-order valence-corrected chi connectivity index (χ2v) is 7.30. The Labute approximate surface area is 158 Å². The van der Waals surface area contributed by atoms with E-state index in [1.807, 2.05) is 31.2 Å². The van der Waals surface area contributed by atoms with E-state index in [1.165, 1.54) is 31.0 Å². The normalized spacial score (nSPS) is 14.2. The average molecular weight is 372 g/mol. The highest BCUT2D eigenvalue weighted by molar-refractivity contribution is 7.99. The van der Waals surface area contributed by atoms with Crippen LogP contribution in [0.5, 0.6) is 5.75 Å². The topological polar surface area (TPSA) is 67.3 Å². The molecule has 1 N–H and O–H groups in total. The zero-order valence-corrected chi connectivity index (χ0v) is 16.0. The van der Waals surface area contributed by atoms with E-state index in [0.717, 1.165) is 29.5 Å². The third-order valence-electron chi connectivity index (χ3n) is 4.29. The lowest BCUT2D eigenvalue weighted by Gasteiger charge is -2.27. The summed E-state index contributed by atoms with van der Waals surface area (Å²) in [6.45, 7) is 4.05. The third-order valence-corrected chi connectivity index (χ3v) is 5.21. The zero-order chi connectivity index (χ0) is 18.4. The van der Waals surface area contributed by atoms with Gasteiger partial charge in [-0.1, -0.05) is 17.8 Å². The molecular weight excluding hydrogens is 348 g/mol. The largest absolute Gasteiger partial charge is 0.495 e. The number of rotatable bonds is 6. The van der Waals surface area contributed by atoms with E-state index in [0.29, 0.717) is 11.4 Å². The van der Waals surface area contributed by atoms with Crippen LogP contribution in [0.3, 0.4) is 0 Å². The zero-order valence-electron chi connectivity index (χ0n) is 15.2. The molecule has 0 unspecified atom stereocenters. The number of carbonyl (C=O) groups is 1. The molecule has 1 aromatic carbocycles. The molecule has 1 amide bonds. The molecule has 2 heterocycles. The van der Waals surface area contributed by atoms with Gasteiger partial charge in [-0.25, -0.2) is 9.97 Å². The Hall–Kier alpha value is -2.28. The van der Waals surface area contributed by atoms with Crippen molar-refractivity contribution in [2.24, 2.45) is 0 Å². The third kappa shape index (κ3) is 4.88. The number of amides is 1. The Morgan fingerprint density at radius 1 is 1.23 bits per heavy atom. The Morgan fingerprint density at radius 3 is 2.81 bits per heavy atom. The average Bonchev–Trinajstić information content (AvgIpc) is 2.67. The summed E-state index contributed by atoms with van der Waals surface area (Å²) < 4.78 is 5.30. The van der Waals surface area contributed by atoms with Crippen molar-refractivity contribution in [3.8, 4) is 5.75 Å². The van der Waals surface area contributed by atoms with E-state index >= 15 is 0 Å². The number of ether oxygens (including phenoxy) is 1. The van der Waals surface area contributed by atoms with Crippen LogP contribution < -0.4 is 15.0 Å². The van der Waals surface area contributed by atoms with Crippen LogP contribution in [0.1, 0.15) is 24.8 Å². The van der Waals surface area contributed by atoms with Crippen molar-refractivity contribution in [1.29, 1.82) is 0 Å². The number of nitrogens with one attached hydrogen (secondary N) is 1. The van der Waals surface area contributed by atoms with Gasteiger partial charge in [0.1, 0.15) is 22.9 Å². The molecule has 1 fully saturated rings. The van der Waals surface area contributed by atoms with Crippen LogP contribution in [-0.4, -0.2) is 41.8 Å². The van der Waals surface area contributed by atoms with Crippen LogP contribution in [0.4, 0.5) is 11.5 Å². The lowest BCUT2D eigenvalue weighted by Crippen LogP contribution is -2.30. The van der Waals surface area contributed by atoms with E-state index in [4.69, 9.17) is 4.74 Å². The SMILES string of the molecule is COc1ccc(C)cc1NC(=O)CSc1cc(N2CCCCC2)ncn1. The molecule has 0 saturated carbocycles. The summed E-state index contributed by atoms with van der Waals surface area (Å²) >= 11 is 1.41. The first-order valence-electron chi connectivity index (χ1n) is 8.80. The molecule has 0 bridgehead atoms. The molecule has 1 aliphatic rings. The smallest absolute Gasteiger partial charge is 0.234 e. The van der Waals surface area contributed by atoms with Gasteiger partial charge in [0.2, 0.25) is 5.91 Å². The van der Waals surface area contributed by atoms with E-state index in [1.54, 1.807) is 13.4 Å². The molecular formula is C19H24N4O2S. The minimum Gasteiger partial charge on any atom is -0.495 e. The van der Waals surface area contributed by atoms with Crippen LogP contribution in [0.25, 0.3) is 0 Å². The number of benzene rings is 1. The maximum Gasteiger partial charge on any atom is 0.234 e. The number of piperidine rings is 1. The molecule has 1 aromatic heterocycles. The molecule has 0 radical (unpaired) electrons. The summed E-state index contributed by atoms with van der Waals surface area (Å²) in [6.07, 6.45) is 5.26. The summed E-state index contributed by atoms with van der Waals surface area (Å²) in [7, 11) is 1.60. The van der Waals surface area contributed by atoms with Gasteiger partial charge in [0, 0.05) is 19.2 Å². The molecule has 3 rings (SSSR count). The van der Waals surface area contributed by atoms with Gasteiger partial charge in [-0.3, -0.25) is 4.79 Å². The molecule has 7 heteroatoms. The fourth-order valence-electron chi connectivity index (χ4n) is 2.95. The monoisotopic (exact) mass is 372 g/mol. The summed E-state index contributed by atoms with van der Waals surface area (Å²) in [5.74, 6) is 1.80. The van der Waals surface area contributed by atoms with Gasteiger partial charge >= 0.3 is 0 Å². The molecule has 138 valence electrons. The highest BCUT2D eigenvalue weighted by Crippen LogP contribution is 2.26. The van der Waals surface area contributed by atoms with Crippen molar-refractivity contribution in [3.05, 3.63) is 36.2 Å². The van der Waals surface area contributed by atoms with Crippen molar-refractivity contribution in [3.63, 3.8) is 0 Å². The minimum atomic E-state index is -0.0861. The van der Waals surface area contributed by atoms with Gasteiger partial charge in [0.05, 0.1) is 18.6 Å². The van der Waals surface area contributed by atoms with Crippen LogP contribution >= 0.6 is 11.8 Å². The number of hydrogen-bond donors (Lipinski definition) is 1. The van der Waals surface area contributed by atoms with Crippen LogP contribution in [-0.2, 0) is 4.79 Å². The molecule has 26 heavy (non-hydrogen) atoms.